The summed E-state index contributed by atoms with van der Waals surface area (Å²) >= 11 is 0. The van der Waals surface area contributed by atoms with E-state index in [1.807, 2.05) is 13.8 Å². The molecule has 0 spiro atoms. The third-order valence-electron chi connectivity index (χ3n) is 4.20. The summed E-state index contributed by atoms with van der Waals surface area (Å²) in [5.74, 6) is 0.968. The summed E-state index contributed by atoms with van der Waals surface area (Å²) in [6.45, 7) is 4.71. The van der Waals surface area contributed by atoms with E-state index in [9.17, 15) is 9.90 Å². The highest BCUT2D eigenvalue weighted by Crippen LogP contribution is 2.30. The van der Waals surface area contributed by atoms with Gasteiger partial charge >= 0.3 is 0 Å². The average molecular weight is 304 g/mol. The average Bonchev–Trinajstić information content (AvgIpc) is 3.16. The van der Waals surface area contributed by atoms with Gasteiger partial charge in [-0.25, -0.2) is 0 Å². The molecule has 0 bridgehead atoms. The first-order valence-electron chi connectivity index (χ1n) is 7.50. The highest BCUT2D eigenvalue weighted by atomic mass is 16.4. The molecule has 7 nitrogen and oxygen atoms in total. The van der Waals surface area contributed by atoms with Crippen LogP contribution >= 0.6 is 0 Å². The molecule has 0 radical (unpaired) electrons. The Bertz CT molecular complexity index is 664. The molecule has 22 heavy (non-hydrogen) atoms. The summed E-state index contributed by atoms with van der Waals surface area (Å²) in [6.07, 6.45) is 3.51. The number of nitrogens with zero attached hydrogens (tertiary/aromatic N) is 3. The zero-order valence-corrected chi connectivity index (χ0v) is 12.8. The number of nitrogens with one attached hydrogen (secondary N) is 1. The van der Waals surface area contributed by atoms with Crippen molar-refractivity contribution in [1.29, 1.82) is 0 Å². The number of H-pyrrole nitrogens is 1. The van der Waals surface area contributed by atoms with Gasteiger partial charge in [-0.2, -0.15) is 15.4 Å². The van der Waals surface area contributed by atoms with Gasteiger partial charge in [-0.15, -0.1) is 0 Å². The van der Waals surface area contributed by atoms with Gasteiger partial charge in [-0.05, 0) is 31.4 Å². The second-order valence-electron chi connectivity index (χ2n) is 5.79. The highest BCUT2D eigenvalue weighted by molar-refractivity contribution is 5.92. The quantitative estimate of drug-likeness (QED) is 0.893. The molecule has 3 heterocycles. The van der Waals surface area contributed by atoms with Crippen molar-refractivity contribution >= 4 is 5.91 Å². The van der Waals surface area contributed by atoms with Crippen LogP contribution in [0.3, 0.4) is 0 Å². The van der Waals surface area contributed by atoms with Crippen molar-refractivity contribution in [3.63, 3.8) is 0 Å². The van der Waals surface area contributed by atoms with E-state index >= 15 is 0 Å². The monoisotopic (exact) mass is 304 g/mol. The molecular formula is C15H20N4O3. The second kappa shape index (κ2) is 5.57. The van der Waals surface area contributed by atoms with Gasteiger partial charge in [0.05, 0.1) is 12.7 Å². The van der Waals surface area contributed by atoms with E-state index in [1.54, 1.807) is 11.0 Å². The molecule has 1 atom stereocenters. The Morgan fingerprint density at radius 3 is 3.05 bits per heavy atom. The molecule has 3 rings (SSSR count). The molecule has 2 aromatic rings. The molecule has 1 aliphatic rings. The van der Waals surface area contributed by atoms with Crippen molar-refractivity contribution in [2.45, 2.75) is 38.7 Å². The van der Waals surface area contributed by atoms with Crippen LogP contribution < -0.4 is 0 Å². The van der Waals surface area contributed by atoms with Gasteiger partial charge < -0.3 is 14.4 Å². The Balaban J connectivity index is 1.80. The first-order chi connectivity index (χ1) is 10.5. The third-order valence-corrected chi connectivity index (χ3v) is 4.20. The standard InChI is InChI=1S/C15H20N4O3/c1-3-11-10(2)7-12(22-11)14(20)19-6-4-5-15(21,9-19)13-8-16-18-17-13/h7-8,21H,3-6,9H2,1-2H3,(H,16,17,18). The Morgan fingerprint density at radius 2 is 2.41 bits per heavy atom. The number of likely N-dealkylation sites (tertiary alicyclic amines) is 1. The minimum Gasteiger partial charge on any atom is -0.456 e. The zero-order valence-electron chi connectivity index (χ0n) is 12.8. The number of carbonyl (C=O) groups is 1. The number of amides is 1. The Labute approximate surface area is 128 Å². The first kappa shape index (κ1) is 14.8. The van der Waals surface area contributed by atoms with Gasteiger partial charge in [0.1, 0.15) is 17.1 Å². The van der Waals surface area contributed by atoms with Crippen LogP contribution in [0.2, 0.25) is 0 Å². The minimum absolute atomic E-state index is 0.190. The van der Waals surface area contributed by atoms with E-state index in [0.717, 1.165) is 17.7 Å². The van der Waals surface area contributed by atoms with E-state index in [4.69, 9.17) is 4.42 Å². The molecule has 0 aromatic carbocycles. The van der Waals surface area contributed by atoms with Gasteiger partial charge in [0.2, 0.25) is 0 Å². The minimum atomic E-state index is -1.16. The molecular weight excluding hydrogens is 284 g/mol. The lowest BCUT2D eigenvalue weighted by atomic mass is 9.90. The second-order valence-corrected chi connectivity index (χ2v) is 5.79. The number of carbonyl (C=O) groups excluding carboxylic acids is 1. The molecule has 7 heteroatoms. The molecule has 1 aliphatic heterocycles. The number of piperidine rings is 1. The zero-order chi connectivity index (χ0) is 15.7. The largest absolute Gasteiger partial charge is 0.456 e. The van der Waals surface area contributed by atoms with Crippen LogP contribution in [0.25, 0.3) is 0 Å². The Hall–Kier alpha value is -2.15. The van der Waals surface area contributed by atoms with Gasteiger partial charge in [0.15, 0.2) is 5.76 Å². The lowest BCUT2D eigenvalue weighted by Crippen LogP contribution is -2.48. The highest BCUT2D eigenvalue weighted by Gasteiger charge is 2.39. The van der Waals surface area contributed by atoms with E-state index in [-0.39, 0.29) is 12.5 Å². The smallest absolute Gasteiger partial charge is 0.289 e. The SMILES string of the molecule is CCc1oc(C(=O)N2CCCC(O)(c3cn[nH]n3)C2)cc1C. The lowest BCUT2D eigenvalue weighted by molar-refractivity contribution is -0.0328. The van der Waals surface area contributed by atoms with Crippen LogP contribution in [-0.2, 0) is 12.0 Å². The summed E-state index contributed by atoms with van der Waals surface area (Å²) in [4.78, 5) is 14.2. The van der Waals surface area contributed by atoms with Crippen molar-refractivity contribution < 1.29 is 14.3 Å². The van der Waals surface area contributed by atoms with Gasteiger partial charge in [-0.1, -0.05) is 6.92 Å². The van der Waals surface area contributed by atoms with Crippen LogP contribution in [0.4, 0.5) is 0 Å². The fourth-order valence-corrected chi connectivity index (χ4v) is 2.98. The number of aryl methyl sites for hydroxylation is 2. The van der Waals surface area contributed by atoms with Crippen LogP contribution in [0.15, 0.2) is 16.7 Å². The first-order valence-corrected chi connectivity index (χ1v) is 7.50. The number of hydrogen-bond donors (Lipinski definition) is 2. The maximum atomic E-state index is 12.6. The van der Waals surface area contributed by atoms with Crippen LogP contribution in [-0.4, -0.2) is 44.4 Å². The molecule has 2 N–H and O–H groups in total. The molecule has 0 aliphatic carbocycles. The Kier molecular flexibility index (Phi) is 3.74. The van der Waals surface area contributed by atoms with Crippen molar-refractivity contribution in [1.82, 2.24) is 20.3 Å². The normalized spacial score (nSPS) is 22.0. The maximum absolute atomic E-state index is 12.6. The topological polar surface area (TPSA) is 95.3 Å². The number of rotatable bonds is 3. The number of aromatic amines is 1. The van der Waals surface area contributed by atoms with E-state index < -0.39 is 5.60 Å². The Morgan fingerprint density at radius 1 is 1.59 bits per heavy atom. The summed E-state index contributed by atoms with van der Waals surface area (Å²) in [6, 6.07) is 1.77. The van der Waals surface area contributed by atoms with Crippen molar-refractivity contribution in [2.24, 2.45) is 0 Å². The fourth-order valence-electron chi connectivity index (χ4n) is 2.98. The number of furan rings is 1. The summed E-state index contributed by atoms with van der Waals surface area (Å²) < 4.78 is 5.63. The molecule has 0 saturated carbocycles. The third kappa shape index (κ3) is 2.52. The van der Waals surface area contributed by atoms with Crippen molar-refractivity contribution in [2.75, 3.05) is 13.1 Å². The number of β-amino-alcohol motifs (C(OH)–C–C–N with tert-alkyl or cyclic N) is 1. The molecule has 2 aromatic heterocycles. The van der Waals surface area contributed by atoms with E-state index in [0.29, 0.717) is 30.8 Å². The lowest BCUT2D eigenvalue weighted by Gasteiger charge is -2.37. The van der Waals surface area contributed by atoms with Gasteiger partial charge in [-0.3, -0.25) is 4.79 Å². The molecule has 1 saturated heterocycles. The molecule has 1 fully saturated rings. The van der Waals surface area contributed by atoms with Crippen molar-refractivity contribution in [3.8, 4) is 0 Å². The summed E-state index contributed by atoms with van der Waals surface area (Å²) in [5, 5.41) is 21.0. The number of aliphatic hydroxyl groups is 1. The number of hydrogen-bond acceptors (Lipinski definition) is 5. The predicted molar refractivity (Wildman–Crippen MR) is 78.2 cm³/mol. The van der Waals surface area contributed by atoms with Crippen LogP contribution in [0.1, 0.15) is 47.3 Å². The van der Waals surface area contributed by atoms with Crippen LogP contribution in [0.5, 0.6) is 0 Å². The molecule has 1 unspecified atom stereocenters. The van der Waals surface area contributed by atoms with E-state index in [1.165, 1.54) is 6.20 Å². The predicted octanol–water partition coefficient (Wildman–Crippen LogP) is 1.39. The molecule has 118 valence electrons. The van der Waals surface area contributed by atoms with E-state index in [2.05, 4.69) is 15.4 Å². The van der Waals surface area contributed by atoms with Crippen molar-refractivity contribution in [3.05, 3.63) is 35.0 Å². The van der Waals surface area contributed by atoms with Crippen LogP contribution in [0, 0.1) is 6.92 Å². The number of aromatic nitrogens is 3. The molecule has 1 amide bonds. The van der Waals surface area contributed by atoms with Gasteiger partial charge in [0.25, 0.3) is 5.91 Å². The van der Waals surface area contributed by atoms with Gasteiger partial charge in [0, 0.05) is 13.0 Å². The maximum Gasteiger partial charge on any atom is 0.289 e. The summed E-state index contributed by atoms with van der Waals surface area (Å²) in [7, 11) is 0. The summed E-state index contributed by atoms with van der Waals surface area (Å²) in [5.41, 5.74) is 0.292. The fraction of sp³-hybridized carbons (Fsp3) is 0.533.